The lowest BCUT2D eigenvalue weighted by atomic mass is 9.99. The molecule has 23 heavy (non-hydrogen) atoms. The maximum absolute atomic E-state index is 12.8. The van der Waals surface area contributed by atoms with Crippen LogP contribution in [0, 0.1) is 23.6 Å². The average Bonchev–Trinajstić information content (AvgIpc) is 3.03. The number of amides is 1. The number of halogens is 1. The first-order chi connectivity index (χ1) is 11.1. The Morgan fingerprint density at radius 2 is 1.96 bits per heavy atom. The van der Waals surface area contributed by atoms with E-state index in [2.05, 4.69) is 23.7 Å². The molecule has 3 rings (SSSR count). The van der Waals surface area contributed by atoms with Crippen molar-refractivity contribution < 1.29 is 9.18 Å². The van der Waals surface area contributed by atoms with Gasteiger partial charge in [0.25, 0.3) is 5.91 Å². The molecule has 2 heterocycles. The minimum atomic E-state index is -0.284. The first kappa shape index (κ1) is 15.7. The van der Waals surface area contributed by atoms with Gasteiger partial charge in [-0.25, -0.2) is 9.37 Å². The summed E-state index contributed by atoms with van der Waals surface area (Å²) in [4.78, 5) is 19.2. The van der Waals surface area contributed by atoms with Gasteiger partial charge in [-0.2, -0.15) is 0 Å². The van der Waals surface area contributed by atoms with Crippen molar-refractivity contribution in [1.82, 2.24) is 9.88 Å². The Hall–Kier alpha value is -2.19. The molecule has 1 fully saturated rings. The van der Waals surface area contributed by atoms with Gasteiger partial charge in [0.2, 0.25) is 0 Å². The summed E-state index contributed by atoms with van der Waals surface area (Å²) >= 11 is 1.31. The highest BCUT2D eigenvalue weighted by atomic mass is 32.1. The number of hydrogen-bond donors (Lipinski definition) is 0. The minimum absolute atomic E-state index is 0.0456. The van der Waals surface area contributed by atoms with Crippen molar-refractivity contribution in [3.8, 4) is 11.8 Å². The largest absolute Gasteiger partial charge is 0.338 e. The average molecular weight is 328 g/mol. The third kappa shape index (κ3) is 3.96. The second-order valence-corrected chi connectivity index (χ2v) is 6.79. The molecule has 5 heteroatoms. The molecule has 0 unspecified atom stereocenters. The Labute approximate surface area is 139 Å². The van der Waals surface area contributed by atoms with E-state index in [1.807, 2.05) is 4.90 Å². The topological polar surface area (TPSA) is 33.2 Å². The Morgan fingerprint density at radius 3 is 2.65 bits per heavy atom. The summed E-state index contributed by atoms with van der Waals surface area (Å²) in [5, 5.41) is 0.600. The highest BCUT2D eigenvalue weighted by Crippen LogP contribution is 2.20. The fraction of sp³-hybridized carbons (Fsp3) is 0.333. The number of carbonyl (C=O) groups is 1. The molecule has 1 aliphatic heterocycles. The molecule has 0 aliphatic carbocycles. The number of nitrogens with zero attached hydrogens (tertiary/aromatic N) is 2. The van der Waals surface area contributed by atoms with E-state index in [-0.39, 0.29) is 11.7 Å². The highest BCUT2D eigenvalue weighted by molar-refractivity contribution is 7.14. The van der Waals surface area contributed by atoms with Crippen molar-refractivity contribution >= 4 is 17.2 Å². The summed E-state index contributed by atoms with van der Waals surface area (Å²) in [7, 11) is 0. The molecular weight excluding hydrogens is 311 g/mol. The van der Waals surface area contributed by atoms with Crippen molar-refractivity contribution in [2.75, 3.05) is 13.1 Å². The Balaban J connectivity index is 1.68. The number of rotatable bonds is 1. The fourth-order valence-electron chi connectivity index (χ4n) is 2.46. The quantitative estimate of drug-likeness (QED) is 0.750. The van der Waals surface area contributed by atoms with Crippen LogP contribution >= 0.6 is 11.3 Å². The lowest BCUT2D eigenvalue weighted by molar-refractivity contribution is 0.0702. The van der Waals surface area contributed by atoms with Crippen LogP contribution in [0.2, 0.25) is 0 Å². The zero-order chi connectivity index (χ0) is 16.2. The van der Waals surface area contributed by atoms with Crippen LogP contribution in [0.5, 0.6) is 0 Å². The van der Waals surface area contributed by atoms with Crippen molar-refractivity contribution in [3.63, 3.8) is 0 Å². The van der Waals surface area contributed by atoms with E-state index >= 15 is 0 Å². The van der Waals surface area contributed by atoms with Crippen LogP contribution in [0.1, 0.15) is 40.0 Å². The molecule has 2 aromatic rings. The molecule has 1 aromatic carbocycles. The zero-order valence-corrected chi connectivity index (χ0v) is 13.7. The van der Waals surface area contributed by atoms with E-state index in [1.165, 1.54) is 23.5 Å². The maximum atomic E-state index is 12.8. The number of thiazole rings is 1. The number of aromatic nitrogens is 1. The van der Waals surface area contributed by atoms with Gasteiger partial charge in [0.05, 0.1) is 6.20 Å². The Morgan fingerprint density at radius 1 is 1.26 bits per heavy atom. The van der Waals surface area contributed by atoms with Gasteiger partial charge in [-0.15, -0.1) is 11.3 Å². The molecular formula is C18H17FN2OS. The molecule has 118 valence electrons. The Kier molecular flexibility index (Phi) is 4.73. The second kappa shape index (κ2) is 6.93. The number of benzene rings is 1. The monoisotopic (exact) mass is 328 g/mol. The summed E-state index contributed by atoms with van der Waals surface area (Å²) in [5.41, 5.74) is 0.722. The van der Waals surface area contributed by atoms with Crippen LogP contribution in [0.3, 0.4) is 0 Å². The van der Waals surface area contributed by atoms with E-state index in [1.54, 1.807) is 18.3 Å². The summed E-state index contributed by atoms with van der Waals surface area (Å²) < 4.78 is 12.8. The summed E-state index contributed by atoms with van der Waals surface area (Å²) in [6.45, 7) is 3.85. The van der Waals surface area contributed by atoms with Gasteiger partial charge in [-0.1, -0.05) is 12.8 Å². The van der Waals surface area contributed by atoms with Crippen molar-refractivity contribution in [3.05, 3.63) is 51.7 Å². The van der Waals surface area contributed by atoms with E-state index < -0.39 is 0 Å². The van der Waals surface area contributed by atoms with Crippen LogP contribution in [0.15, 0.2) is 30.5 Å². The van der Waals surface area contributed by atoms with Gasteiger partial charge in [-0.05, 0) is 48.9 Å². The molecule has 1 aliphatic rings. The number of hydrogen-bond acceptors (Lipinski definition) is 3. The molecule has 0 spiro atoms. The Bertz CT molecular complexity index is 749. The molecule has 0 radical (unpaired) electrons. The SMILES string of the molecule is CC1CCN(C(=O)c2cnc(C#Cc3ccc(F)cc3)s2)CC1. The number of carbonyl (C=O) groups excluding carboxylic acids is 1. The van der Waals surface area contributed by atoms with Gasteiger partial charge in [0.15, 0.2) is 5.01 Å². The summed E-state index contributed by atoms with van der Waals surface area (Å²) in [6.07, 6.45) is 3.71. The second-order valence-electron chi connectivity index (χ2n) is 5.76. The maximum Gasteiger partial charge on any atom is 0.265 e. The molecule has 0 bridgehead atoms. The van der Waals surface area contributed by atoms with Crippen LogP contribution in [0.25, 0.3) is 0 Å². The molecule has 3 nitrogen and oxygen atoms in total. The minimum Gasteiger partial charge on any atom is -0.338 e. The lowest BCUT2D eigenvalue weighted by Gasteiger charge is -2.29. The van der Waals surface area contributed by atoms with E-state index in [4.69, 9.17) is 0 Å². The van der Waals surface area contributed by atoms with Crippen molar-refractivity contribution in [2.24, 2.45) is 5.92 Å². The smallest absolute Gasteiger partial charge is 0.265 e. The van der Waals surface area contributed by atoms with E-state index in [0.29, 0.717) is 15.8 Å². The predicted octanol–water partition coefficient (Wildman–Crippen LogP) is 3.55. The van der Waals surface area contributed by atoms with E-state index in [9.17, 15) is 9.18 Å². The van der Waals surface area contributed by atoms with Gasteiger partial charge >= 0.3 is 0 Å². The van der Waals surface area contributed by atoms with Gasteiger partial charge in [-0.3, -0.25) is 4.79 Å². The molecule has 1 amide bonds. The van der Waals surface area contributed by atoms with Crippen LogP contribution in [-0.4, -0.2) is 28.9 Å². The lowest BCUT2D eigenvalue weighted by Crippen LogP contribution is -2.37. The predicted molar refractivity (Wildman–Crippen MR) is 88.8 cm³/mol. The number of likely N-dealkylation sites (tertiary alicyclic amines) is 1. The standard InChI is InChI=1S/C18H17FN2OS/c1-13-8-10-21(11-9-13)18(22)16-12-20-17(23-16)7-4-14-2-5-15(19)6-3-14/h2-3,5-6,12-13H,8-11H2,1H3. The molecule has 0 atom stereocenters. The first-order valence-corrected chi connectivity index (χ1v) is 8.46. The van der Waals surface area contributed by atoms with E-state index in [0.717, 1.165) is 31.5 Å². The molecule has 0 saturated carbocycles. The summed E-state index contributed by atoms with van der Waals surface area (Å²) in [6, 6.07) is 5.99. The van der Waals surface area contributed by atoms with Gasteiger partial charge < -0.3 is 4.90 Å². The fourth-order valence-corrected chi connectivity index (χ4v) is 3.19. The highest BCUT2D eigenvalue weighted by Gasteiger charge is 2.22. The van der Waals surface area contributed by atoms with Gasteiger partial charge in [0, 0.05) is 18.7 Å². The van der Waals surface area contributed by atoms with Crippen molar-refractivity contribution in [2.45, 2.75) is 19.8 Å². The normalized spacial score (nSPS) is 15.1. The van der Waals surface area contributed by atoms with Crippen LogP contribution in [-0.2, 0) is 0 Å². The van der Waals surface area contributed by atoms with Crippen molar-refractivity contribution in [1.29, 1.82) is 0 Å². The molecule has 0 N–H and O–H groups in total. The number of piperidine rings is 1. The van der Waals surface area contributed by atoms with Gasteiger partial charge in [0.1, 0.15) is 10.7 Å². The zero-order valence-electron chi connectivity index (χ0n) is 12.9. The third-order valence-corrected chi connectivity index (χ3v) is 4.85. The third-order valence-electron chi connectivity index (χ3n) is 3.95. The molecule has 1 aromatic heterocycles. The summed E-state index contributed by atoms with van der Waals surface area (Å²) in [5.74, 6) is 6.32. The van der Waals surface area contributed by atoms with Crippen LogP contribution < -0.4 is 0 Å². The first-order valence-electron chi connectivity index (χ1n) is 7.64. The molecule has 1 saturated heterocycles. The van der Waals surface area contributed by atoms with Crippen LogP contribution in [0.4, 0.5) is 4.39 Å².